The minimum atomic E-state index is -0.324. The number of fused-ring (bicyclic) bond motifs is 1. The van der Waals surface area contributed by atoms with Gasteiger partial charge in [-0.25, -0.2) is 9.67 Å². The quantitative estimate of drug-likeness (QED) is 0.720. The molecular formula is C18H19N5O3S. The first-order chi connectivity index (χ1) is 13.1. The van der Waals surface area contributed by atoms with Crippen molar-refractivity contribution in [2.75, 3.05) is 31.1 Å². The van der Waals surface area contributed by atoms with Gasteiger partial charge in [-0.1, -0.05) is 12.1 Å². The van der Waals surface area contributed by atoms with Crippen LogP contribution in [0.1, 0.15) is 6.42 Å². The van der Waals surface area contributed by atoms with E-state index in [1.54, 1.807) is 46.7 Å². The highest BCUT2D eigenvalue weighted by Crippen LogP contribution is 2.19. The topological polar surface area (TPSA) is 91.3 Å². The fraction of sp³-hybridized carbons (Fsp3) is 0.333. The molecular weight excluding hydrogens is 366 g/mol. The zero-order chi connectivity index (χ0) is 18.8. The molecule has 1 aliphatic heterocycles. The molecule has 0 bridgehead atoms. The fourth-order valence-corrected chi connectivity index (χ4v) is 3.99. The van der Waals surface area contributed by atoms with Gasteiger partial charge < -0.3 is 9.80 Å². The number of thiazole rings is 1. The number of piperazine rings is 1. The Morgan fingerprint density at radius 3 is 2.56 bits per heavy atom. The Hall–Kier alpha value is -2.94. The van der Waals surface area contributed by atoms with Crippen LogP contribution in [0.25, 0.3) is 10.8 Å². The first-order valence-corrected chi connectivity index (χ1v) is 9.65. The van der Waals surface area contributed by atoms with Gasteiger partial charge in [-0.05, 0) is 12.1 Å². The third-order valence-corrected chi connectivity index (χ3v) is 5.59. The zero-order valence-corrected chi connectivity index (χ0v) is 15.4. The van der Waals surface area contributed by atoms with E-state index in [2.05, 4.69) is 15.0 Å². The smallest absolute Gasteiger partial charge is 0.273 e. The van der Waals surface area contributed by atoms with Crippen molar-refractivity contribution < 1.29 is 4.79 Å². The summed E-state index contributed by atoms with van der Waals surface area (Å²) in [5, 5.41) is 6.21. The standard InChI is InChI=1S/C18H19N5O3S/c24-15(21-8-10-22(11-9-21)18-19-6-12-27-18)5-7-23-17(26)14-4-2-1-3-13(14)16(25)20-23/h1-4,6,12H,5,7-11H2,(H,20,25). The summed E-state index contributed by atoms with van der Waals surface area (Å²) < 4.78 is 1.23. The number of hydrogen-bond acceptors (Lipinski definition) is 6. The van der Waals surface area contributed by atoms with E-state index in [0.29, 0.717) is 23.9 Å². The number of nitrogens with one attached hydrogen (secondary N) is 1. The molecule has 0 saturated carbocycles. The maximum Gasteiger partial charge on any atom is 0.273 e. The maximum absolute atomic E-state index is 12.5. The van der Waals surface area contributed by atoms with E-state index in [9.17, 15) is 14.4 Å². The molecule has 3 heterocycles. The SMILES string of the molecule is O=C(CCn1[nH]c(=O)c2ccccc2c1=O)N1CCN(c2nccs2)CC1. The third-order valence-electron chi connectivity index (χ3n) is 4.76. The van der Waals surface area contributed by atoms with Crippen LogP contribution in [0.15, 0.2) is 45.4 Å². The van der Waals surface area contributed by atoms with Crippen LogP contribution < -0.4 is 16.0 Å². The van der Waals surface area contributed by atoms with Crippen molar-refractivity contribution in [2.45, 2.75) is 13.0 Å². The van der Waals surface area contributed by atoms with Crippen molar-refractivity contribution in [3.8, 4) is 0 Å². The van der Waals surface area contributed by atoms with Crippen LogP contribution in [0.3, 0.4) is 0 Å². The highest BCUT2D eigenvalue weighted by atomic mass is 32.1. The van der Waals surface area contributed by atoms with E-state index in [0.717, 1.165) is 18.2 Å². The fourth-order valence-electron chi connectivity index (χ4n) is 3.29. The summed E-state index contributed by atoms with van der Waals surface area (Å²) in [4.78, 5) is 45.4. The summed E-state index contributed by atoms with van der Waals surface area (Å²) >= 11 is 1.59. The molecule has 9 heteroatoms. The van der Waals surface area contributed by atoms with E-state index in [1.165, 1.54) is 4.68 Å². The summed E-state index contributed by atoms with van der Waals surface area (Å²) in [7, 11) is 0. The van der Waals surface area contributed by atoms with Gasteiger partial charge in [-0.2, -0.15) is 0 Å². The molecule has 27 heavy (non-hydrogen) atoms. The van der Waals surface area contributed by atoms with Crippen molar-refractivity contribution in [3.63, 3.8) is 0 Å². The van der Waals surface area contributed by atoms with Crippen molar-refractivity contribution in [1.82, 2.24) is 19.7 Å². The molecule has 3 aromatic rings. The molecule has 0 radical (unpaired) electrons. The summed E-state index contributed by atoms with van der Waals surface area (Å²) in [6.07, 6.45) is 1.95. The second-order valence-electron chi connectivity index (χ2n) is 6.38. The van der Waals surface area contributed by atoms with Gasteiger partial charge in [-0.15, -0.1) is 11.3 Å². The first-order valence-electron chi connectivity index (χ1n) is 8.77. The predicted molar refractivity (Wildman–Crippen MR) is 104 cm³/mol. The lowest BCUT2D eigenvalue weighted by atomic mass is 10.2. The van der Waals surface area contributed by atoms with Crippen LogP contribution >= 0.6 is 11.3 Å². The molecule has 0 unspecified atom stereocenters. The molecule has 8 nitrogen and oxygen atoms in total. The molecule has 2 aromatic heterocycles. The number of H-pyrrole nitrogens is 1. The molecule has 1 amide bonds. The highest BCUT2D eigenvalue weighted by Gasteiger charge is 2.22. The number of nitrogens with zero attached hydrogens (tertiary/aromatic N) is 4. The highest BCUT2D eigenvalue weighted by molar-refractivity contribution is 7.13. The van der Waals surface area contributed by atoms with Crippen molar-refractivity contribution >= 4 is 33.1 Å². The lowest BCUT2D eigenvalue weighted by molar-refractivity contribution is -0.131. The van der Waals surface area contributed by atoms with Crippen LogP contribution in [-0.4, -0.2) is 51.8 Å². The van der Waals surface area contributed by atoms with Gasteiger partial charge in [0.25, 0.3) is 11.1 Å². The Morgan fingerprint density at radius 1 is 1.11 bits per heavy atom. The number of amides is 1. The molecule has 1 fully saturated rings. The van der Waals surface area contributed by atoms with Crippen LogP contribution in [0, 0.1) is 0 Å². The maximum atomic E-state index is 12.5. The molecule has 0 atom stereocenters. The van der Waals surface area contributed by atoms with E-state index in [1.807, 2.05) is 5.38 Å². The van der Waals surface area contributed by atoms with E-state index in [-0.39, 0.29) is 30.0 Å². The minimum Gasteiger partial charge on any atom is -0.345 e. The van der Waals surface area contributed by atoms with Crippen LogP contribution in [0.5, 0.6) is 0 Å². The lowest BCUT2D eigenvalue weighted by Gasteiger charge is -2.34. The van der Waals surface area contributed by atoms with Crippen LogP contribution in [0.4, 0.5) is 5.13 Å². The monoisotopic (exact) mass is 385 g/mol. The molecule has 4 rings (SSSR count). The van der Waals surface area contributed by atoms with Crippen LogP contribution in [0.2, 0.25) is 0 Å². The summed E-state index contributed by atoms with van der Waals surface area (Å²) in [6, 6.07) is 6.69. The second kappa shape index (κ2) is 7.36. The van der Waals surface area contributed by atoms with E-state index >= 15 is 0 Å². The van der Waals surface area contributed by atoms with Crippen molar-refractivity contribution in [1.29, 1.82) is 0 Å². The molecule has 140 valence electrons. The number of hydrogen-bond donors (Lipinski definition) is 1. The van der Waals surface area contributed by atoms with Gasteiger partial charge in [0.2, 0.25) is 5.91 Å². The molecule has 1 N–H and O–H groups in total. The number of carbonyl (C=O) groups is 1. The van der Waals surface area contributed by atoms with Gasteiger partial charge in [0, 0.05) is 44.2 Å². The lowest BCUT2D eigenvalue weighted by Crippen LogP contribution is -2.49. The molecule has 1 saturated heterocycles. The molecule has 1 aromatic carbocycles. The predicted octanol–water partition coefficient (Wildman–Crippen LogP) is 0.885. The number of anilines is 1. The minimum absolute atomic E-state index is 0.0188. The van der Waals surface area contributed by atoms with Gasteiger partial charge in [-0.3, -0.25) is 19.5 Å². The Bertz CT molecular complexity index is 1060. The Balaban J connectivity index is 1.40. The summed E-state index contributed by atoms with van der Waals surface area (Å²) in [5.41, 5.74) is -0.610. The van der Waals surface area contributed by atoms with Crippen LogP contribution in [-0.2, 0) is 11.3 Å². The summed E-state index contributed by atoms with van der Waals surface area (Å²) in [6.45, 7) is 2.89. The zero-order valence-electron chi connectivity index (χ0n) is 14.6. The van der Waals surface area contributed by atoms with Gasteiger partial charge in [0.05, 0.1) is 17.3 Å². The number of benzene rings is 1. The largest absolute Gasteiger partial charge is 0.345 e. The number of carbonyl (C=O) groups excluding carboxylic acids is 1. The van der Waals surface area contributed by atoms with Gasteiger partial charge >= 0.3 is 0 Å². The normalized spacial score (nSPS) is 14.7. The Morgan fingerprint density at radius 2 is 1.85 bits per heavy atom. The molecule has 1 aliphatic rings. The summed E-state index contributed by atoms with van der Waals surface area (Å²) in [5.74, 6) is -0.0188. The second-order valence-corrected chi connectivity index (χ2v) is 7.25. The average Bonchev–Trinajstić information content (AvgIpc) is 3.24. The van der Waals surface area contributed by atoms with E-state index < -0.39 is 0 Å². The van der Waals surface area contributed by atoms with Gasteiger partial charge in [0.1, 0.15) is 0 Å². The number of aromatic amines is 1. The number of aryl methyl sites for hydroxylation is 1. The Labute approximate surface area is 158 Å². The third kappa shape index (κ3) is 3.50. The number of aromatic nitrogens is 3. The molecule has 0 spiro atoms. The Kier molecular flexibility index (Phi) is 4.76. The first kappa shape index (κ1) is 17.5. The van der Waals surface area contributed by atoms with Gasteiger partial charge in [0.15, 0.2) is 5.13 Å². The van der Waals surface area contributed by atoms with Crippen molar-refractivity contribution in [2.24, 2.45) is 0 Å². The van der Waals surface area contributed by atoms with Crippen molar-refractivity contribution in [3.05, 3.63) is 56.5 Å². The van der Waals surface area contributed by atoms with E-state index in [4.69, 9.17) is 0 Å². The average molecular weight is 385 g/mol. The number of rotatable bonds is 4. The molecule has 0 aliphatic carbocycles.